The highest BCUT2D eigenvalue weighted by Gasteiger charge is 2.35. The average Bonchev–Trinajstić information content (AvgIpc) is 2.98. The van der Waals surface area contributed by atoms with Crippen LogP contribution in [0.5, 0.6) is 0 Å². The second-order valence-corrected chi connectivity index (χ2v) is 5.15. The van der Waals surface area contributed by atoms with Crippen LogP contribution < -0.4 is 5.73 Å². The van der Waals surface area contributed by atoms with Crippen molar-refractivity contribution >= 4 is 5.91 Å². The zero-order valence-electron chi connectivity index (χ0n) is 10.6. The lowest BCUT2D eigenvalue weighted by Crippen LogP contribution is -2.48. The van der Waals surface area contributed by atoms with Gasteiger partial charge in [-0.15, -0.1) is 5.92 Å². The quantitative estimate of drug-likeness (QED) is 0.736. The average molecular weight is 234 g/mol. The van der Waals surface area contributed by atoms with Crippen LogP contribution in [-0.2, 0) is 4.79 Å². The van der Waals surface area contributed by atoms with Crippen LogP contribution in [-0.4, -0.2) is 29.4 Å². The number of hydrogen-bond donors (Lipinski definition) is 1. The SMILES string of the molecule is CC#CC1CCCN1C(=O)[C@@H](N)C1CCCC1. The molecule has 2 aliphatic rings. The summed E-state index contributed by atoms with van der Waals surface area (Å²) < 4.78 is 0. The molecule has 1 amide bonds. The van der Waals surface area contributed by atoms with Crippen molar-refractivity contribution in [1.82, 2.24) is 4.90 Å². The standard InChI is InChI=1S/C14H22N2O/c1-2-6-12-9-5-10-16(12)14(17)13(15)11-7-3-4-8-11/h11-13H,3-5,7-10,15H2,1H3/t12?,13-/m0/s1. The zero-order chi connectivity index (χ0) is 12.3. The maximum atomic E-state index is 12.4. The number of amides is 1. The Morgan fingerprint density at radius 3 is 2.65 bits per heavy atom. The topological polar surface area (TPSA) is 46.3 Å². The molecule has 94 valence electrons. The molecule has 2 N–H and O–H groups in total. The van der Waals surface area contributed by atoms with Crippen molar-refractivity contribution in [3.8, 4) is 11.8 Å². The van der Waals surface area contributed by atoms with Gasteiger partial charge in [0, 0.05) is 6.54 Å². The van der Waals surface area contributed by atoms with Gasteiger partial charge in [0.25, 0.3) is 0 Å². The van der Waals surface area contributed by atoms with E-state index in [0.717, 1.165) is 32.2 Å². The summed E-state index contributed by atoms with van der Waals surface area (Å²) in [6.07, 6.45) is 6.75. The molecule has 17 heavy (non-hydrogen) atoms. The third-order valence-corrected chi connectivity index (χ3v) is 4.04. The Bertz CT molecular complexity index is 336. The molecule has 0 radical (unpaired) electrons. The fourth-order valence-electron chi connectivity index (χ4n) is 3.06. The highest BCUT2D eigenvalue weighted by atomic mass is 16.2. The van der Waals surface area contributed by atoms with Crippen molar-refractivity contribution in [1.29, 1.82) is 0 Å². The van der Waals surface area contributed by atoms with Gasteiger partial charge in [-0.1, -0.05) is 18.8 Å². The monoisotopic (exact) mass is 234 g/mol. The van der Waals surface area contributed by atoms with Crippen LogP contribution in [0.3, 0.4) is 0 Å². The second-order valence-electron chi connectivity index (χ2n) is 5.15. The summed E-state index contributed by atoms with van der Waals surface area (Å²) in [6, 6.07) is -0.184. The Hall–Kier alpha value is -1.01. The smallest absolute Gasteiger partial charge is 0.240 e. The van der Waals surface area contributed by atoms with Crippen molar-refractivity contribution in [2.45, 2.75) is 57.5 Å². The summed E-state index contributed by atoms with van der Waals surface area (Å²) >= 11 is 0. The maximum absolute atomic E-state index is 12.4. The number of likely N-dealkylation sites (tertiary alicyclic amines) is 1. The molecule has 1 aliphatic carbocycles. The van der Waals surface area contributed by atoms with E-state index < -0.39 is 0 Å². The molecule has 1 saturated carbocycles. The van der Waals surface area contributed by atoms with E-state index in [-0.39, 0.29) is 18.0 Å². The molecule has 2 atom stereocenters. The van der Waals surface area contributed by atoms with Crippen molar-refractivity contribution in [2.24, 2.45) is 11.7 Å². The summed E-state index contributed by atoms with van der Waals surface area (Å²) in [5, 5.41) is 0. The van der Waals surface area contributed by atoms with Crippen molar-refractivity contribution < 1.29 is 4.79 Å². The van der Waals surface area contributed by atoms with Crippen LogP contribution in [0.15, 0.2) is 0 Å². The van der Waals surface area contributed by atoms with Crippen molar-refractivity contribution in [2.75, 3.05) is 6.54 Å². The molecular formula is C14H22N2O. The number of nitrogens with two attached hydrogens (primary N) is 1. The molecule has 2 rings (SSSR count). The van der Waals surface area contributed by atoms with Crippen LogP contribution in [0.1, 0.15) is 45.4 Å². The normalized spacial score (nSPS) is 26.7. The second kappa shape index (κ2) is 5.55. The van der Waals surface area contributed by atoms with Gasteiger partial charge >= 0.3 is 0 Å². The summed E-state index contributed by atoms with van der Waals surface area (Å²) in [5.74, 6) is 6.57. The first-order valence-electron chi connectivity index (χ1n) is 6.72. The van der Waals surface area contributed by atoms with Gasteiger partial charge in [0.1, 0.15) is 0 Å². The minimum Gasteiger partial charge on any atom is -0.327 e. The van der Waals surface area contributed by atoms with Gasteiger partial charge in [0.15, 0.2) is 0 Å². The number of carbonyl (C=O) groups excluding carboxylic acids is 1. The lowest BCUT2D eigenvalue weighted by atomic mass is 9.97. The summed E-state index contributed by atoms with van der Waals surface area (Å²) in [4.78, 5) is 14.3. The molecule has 1 unspecified atom stereocenters. The fourth-order valence-corrected chi connectivity index (χ4v) is 3.06. The molecule has 0 aromatic carbocycles. The fraction of sp³-hybridized carbons (Fsp3) is 0.786. The molecule has 0 spiro atoms. The Kier molecular flexibility index (Phi) is 4.06. The third-order valence-electron chi connectivity index (χ3n) is 4.04. The number of rotatable bonds is 2. The van der Waals surface area contributed by atoms with Gasteiger partial charge in [0.05, 0.1) is 12.1 Å². The van der Waals surface area contributed by atoms with Crippen molar-refractivity contribution in [3.63, 3.8) is 0 Å². The van der Waals surface area contributed by atoms with Crippen LogP contribution in [0.4, 0.5) is 0 Å². The molecule has 2 fully saturated rings. The molecule has 0 bridgehead atoms. The lowest BCUT2D eigenvalue weighted by Gasteiger charge is -2.27. The van der Waals surface area contributed by atoms with Gasteiger partial charge in [-0.3, -0.25) is 4.79 Å². The molecule has 1 saturated heterocycles. The van der Waals surface area contributed by atoms with E-state index in [2.05, 4.69) is 11.8 Å². The van der Waals surface area contributed by atoms with Crippen LogP contribution >= 0.6 is 0 Å². The minimum atomic E-state index is -0.295. The maximum Gasteiger partial charge on any atom is 0.240 e. The number of nitrogens with zero attached hydrogens (tertiary/aromatic N) is 1. The van der Waals surface area contributed by atoms with Gasteiger partial charge in [-0.05, 0) is 38.5 Å². The Labute approximate surface area is 104 Å². The molecule has 1 heterocycles. The van der Waals surface area contributed by atoms with E-state index in [4.69, 9.17) is 5.73 Å². The van der Waals surface area contributed by atoms with E-state index in [9.17, 15) is 4.79 Å². The predicted octanol–water partition coefficient (Wildman–Crippen LogP) is 1.52. The molecule has 1 aliphatic heterocycles. The first-order valence-corrected chi connectivity index (χ1v) is 6.72. The highest BCUT2D eigenvalue weighted by molar-refractivity contribution is 5.83. The summed E-state index contributed by atoms with van der Waals surface area (Å²) in [7, 11) is 0. The van der Waals surface area contributed by atoms with Crippen molar-refractivity contribution in [3.05, 3.63) is 0 Å². The van der Waals surface area contributed by atoms with Gasteiger partial charge in [-0.2, -0.15) is 0 Å². The Morgan fingerprint density at radius 2 is 2.00 bits per heavy atom. The molecule has 0 aromatic rings. The molecule has 0 aromatic heterocycles. The van der Waals surface area contributed by atoms with E-state index in [1.54, 1.807) is 0 Å². The first kappa shape index (κ1) is 12.4. The number of carbonyl (C=O) groups is 1. The van der Waals surface area contributed by atoms with Crippen LogP contribution in [0.25, 0.3) is 0 Å². The Morgan fingerprint density at radius 1 is 1.29 bits per heavy atom. The van der Waals surface area contributed by atoms with Gasteiger partial charge in [0.2, 0.25) is 5.91 Å². The summed E-state index contributed by atoms with van der Waals surface area (Å²) in [6.45, 7) is 2.66. The van der Waals surface area contributed by atoms with Crippen LogP contribution in [0, 0.1) is 17.8 Å². The predicted molar refractivity (Wildman–Crippen MR) is 68.1 cm³/mol. The van der Waals surface area contributed by atoms with E-state index >= 15 is 0 Å². The minimum absolute atomic E-state index is 0.111. The number of hydrogen-bond acceptors (Lipinski definition) is 2. The molecular weight excluding hydrogens is 212 g/mol. The van der Waals surface area contributed by atoms with Crippen LogP contribution in [0.2, 0.25) is 0 Å². The van der Waals surface area contributed by atoms with E-state index in [1.165, 1.54) is 12.8 Å². The third kappa shape index (κ3) is 2.63. The van der Waals surface area contributed by atoms with E-state index in [1.807, 2.05) is 11.8 Å². The summed E-state index contributed by atoms with van der Waals surface area (Å²) in [5.41, 5.74) is 6.12. The highest BCUT2D eigenvalue weighted by Crippen LogP contribution is 2.29. The zero-order valence-corrected chi connectivity index (χ0v) is 10.6. The van der Waals surface area contributed by atoms with E-state index in [0.29, 0.717) is 5.92 Å². The van der Waals surface area contributed by atoms with Gasteiger partial charge in [-0.25, -0.2) is 0 Å². The van der Waals surface area contributed by atoms with Gasteiger partial charge < -0.3 is 10.6 Å². The lowest BCUT2D eigenvalue weighted by molar-refractivity contribution is -0.133. The largest absolute Gasteiger partial charge is 0.327 e. The Balaban J connectivity index is 1.99. The molecule has 3 heteroatoms. The molecule has 3 nitrogen and oxygen atoms in total. The first-order chi connectivity index (χ1) is 8.24.